The zero-order chi connectivity index (χ0) is 19.8. The Hall–Kier alpha value is -3.60. The Morgan fingerprint density at radius 2 is 2.07 bits per heavy atom. The summed E-state index contributed by atoms with van der Waals surface area (Å²) in [5, 5.41) is 14.0. The number of guanidine groups is 1. The van der Waals surface area contributed by atoms with Crippen molar-refractivity contribution in [2.45, 2.75) is 18.5 Å². The molecule has 0 radical (unpaired) electrons. The number of rotatable bonds is 8. The van der Waals surface area contributed by atoms with Crippen LogP contribution in [0.5, 0.6) is 0 Å². The van der Waals surface area contributed by atoms with Crippen molar-refractivity contribution in [1.82, 2.24) is 21.5 Å². The van der Waals surface area contributed by atoms with Crippen molar-refractivity contribution in [3.63, 3.8) is 0 Å². The van der Waals surface area contributed by atoms with Crippen molar-refractivity contribution in [1.29, 1.82) is 0 Å². The summed E-state index contributed by atoms with van der Waals surface area (Å²) in [4.78, 5) is 39.1. The van der Waals surface area contributed by atoms with E-state index in [9.17, 15) is 14.4 Å². The summed E-state index contributed by atoms with van der Waals surface area (Å²) < 4.78 is 0. The summed E-state index contributed by atoms with van der Waals surface area (Å²) in [5.74, 6) is -2.20. The van der Waals surface area contributed by atoms with Crippen LogP contribution < -0.4 is 33.0 Å². The van der Waals surface area contributed by atoms with Gasteiger partial charge in [0.05, 0.1) is 30.7 Å². The molecular formula is C16H21N7O4. The molecule has 1 aliphatic heterocycles. The molecule has 144 valence electrons. The van der Waals surface area contributed by atoms with Crippen LogP contribution in [0.3, 0.4) is 0 Å². The molecule has 1 aliphatic rings. The van der Waals surface area contributed by atoms with E-state index in [4.69, 9.17) is 16.6 Å². The monoisotopic (exact) mass is 375 g/mol. The fraction of sp³-hybridized carbons (Fsp3) is 0.250. The van der Waals surface area contributed by atoms with Gasteiger partial charge in [0, 0.05) is 11.8 Å². The number of hydrogen-bond acceptors (Lipinski definition) is 6. The molecule has 11 heteroatoms. The number of nitrogens with two attached hydrogens (primary N) is 2. The lowest BCUT2D eigenvalue weighted by atomic mass is 10.1. The average molecular weight is 375 g/mol. The lowest BCUT2D eigenvalue weighted by Crippen LogP contribution is -2.52. The molecule has 9 N–H and O–H groups in total. The first kappa shape index (κ1) is 19.7. The number of nitrogens with zero attached hydrogens (tertiary/aromatic N) is 1. The quantitative estimate of drug-likeness (QED) is 0.206. The number of carboxylic acids is 1. The Morgan fingerprint density at radius 3 is 2.70 bits per heavy atom. The standard InChI is InChI=1S/C16H21N7O4/c17-16(18)21-10-3-1-2-9(6-10)15(27)19-8-13(24)22-12(7-14(25)26)11-4-5-20-23-11/h1-6,11-12,20,23H,7-8H2,(H,19,27)(H,22,24)(H,25,26)(H4,17,18,21). The van der Waals surface area contributed by atoms with Gasteiger partial charge in [-0.1, -0.05) is 6.07 Å². The first-order chi connectivity index (χ1) is 12.8. The molecule has 0 saturated heterocycles. The van der Waals surface area contributed by atoms with Gasteiger partial charge in [0.15, 0.2) is 5.96 Å². The van der Waals surface area contributed by atoms with Crippen LogP contribution in [0.2, 0.25) is 0 Å². The largest absolute Gasteiger partial charge is 0.481 e. The molecule has 1 aromatic carbocycles. The number of benzene rings is 1. The summed E-state index contributed by atoms with van der Waals surface area (Å²) in [6, 6.07) is 5.19. The zero-order valence-corrected chi connectivity index (χ0v) is 14.3. The molecule has 11 nitrogen and oxygen atoms in total. The maximum atomic E-state index is 12.2. The van der Waals surface area contributed by atoms with E-state index in [1.54, 1.807) is 30.5 Å². The molecule has 1 heterocycles. The van der Waals surface area contributed by atoms with Crippen LogP contribution >= 0.6 is 0 Å². The van der Waals surface area contributed by atoms with E-state index in [-0.39, 0.29) is 30.5 Å². The van der Waals surface area contributed by atoms with Gasteiger partial charge in [-0.3, -0.25) is 14.4 Å². The van der Waals surface area contributed by atoms with Crippen LogP contribution in [0.4, 0.5) is 5.69 Å². The van der Waals surface area contributed by atoms with Crippen LogP contribution in [0, 0.1) is 0 Å². The fourth-order valence-electron chi connectivity index (χ4n) is 2.42. The van der Waals surface area contributed by atoms with Gasteiger partial charge in [-0.25, -0.2) is 10.4 Å². The molecular weight excluding hydrogens is 354 g/mol. The van der Waals surface area contributed by atoms with Crippen molar-refractivity contribution in [2.24, 2.45) is 16.5 Å². The highest BCUT2D eigenvalue weighted by molar-refractivity contribution is 5.97. The summed E-state index contributed by atoms with van der Waals surface area (Å²) in [6.45, 7) is -0.314. The number of aliphatic imine (C=N–C) groups is 1. The molecule has 2 unspecified atom stereocenters. The number of amides is 2. The summed E-state index contributed by atoms with van der Waals surface area (Å²) in [7, 11) is 0. The van der Waals surface area contributed by atoms with Crippen molar-refractivity contribution >= 4 is 29.4 Å². The van der Waals surface area contributed by atoms with Crippen LogP contribution in [0.25, 0.3) is 0 Å². The second kappa shape index (κ2) is 9.20. The Kier molecular flexibility index (Phi) is 6.72. The van der Waals surface area contributed by atoms with E-state index in [2.05, 4.69) is 26.5 Å². The van der Waals surface area contributed by atoms with Crippen LogP contribution in [0.1, 0.15) is 16.8 Å². The van der Waals surface area contributed by atoms with Gasteiger partial charge in [-0.05, 0) is 24.3 Å². The topological polar surface area (TPSA) is 184 Å². The van der Waals surface area contributed by atoms with Gasteiger partial charge in [0.25, 0.3) is 5.91 Å². The third-order valence-corrected chi connectivity index (χ3v) is 3.59. The Labute approximate surface area is 154 Å². The first-order valence-corrected chi connectivity index (χ1v) is 8.02. The van der Waals surface area contributed by atoms with Crippen molar-refractivity contribution in [2.75, 3.05) is 6.54 Å². The predicted molar refractivity (Wildman–Crippen MR) is 97.6 cm³/mol. The molecule has 0 saturated carbocycles. The molecule has 2 atom stereocenters. The molecule has 0 spiro atoms. The summed E-state index contributed by atoms with van der Waals surface area (Å²) in [6.07, 6.45) is 3.03. The van der Waals surface area contributed by atoms with Gasteiger partial charge >= 0.3 is 5.97 Å². The van der Waals surface area contributed by atoms with E-state index in [0.717, 1.165) is 0 Å². The van der Waals surface area contributed by atoms with E-state index < -0.39 is 23.8 Å². The van der Waals surface area contributed by atoms with Gasteiger partial charge in [0.1, 0.15) is 0 Å². The number of aliphatic carboxylic acids is 1. The highest BCUT2D eigenvalue weighted by Gasteiger charge is 2.25. The minimum Gasteiger partial charge on any atom is -0.481 e. The number of hydrogen-bond donors (Lipinski definition) is 7. The minimum absolute atomic E-state index is 0.138. The summed E-state index contributed by atoms with van der Waals surface area (Å²) >= 11 is 0. The number of carbonyl (C=O) groups excluding carboxylic acids is 2. The molecule has 2 rings (SSSR count). The zero-order valence-electron chi connectivity index (χ0n) is 14.3. The van der Waals surface area contributed by atoms with E-state index in [1.165, 1.54) is 6.07 Å². The maximum Gasteiger partial charge on any atom is 0.305 e. The Balaban J connectivity index is 1.91. The second-order valence-corrected chi connectivity index (χ2v) is 5.72. The van der Waals surface area contributed by atoms with Crippen LogP contribution in [-0.4, -0.2) is 47.5 Å². The average Bonchev–Trinajstić information content (AvgIpc) is 3.13. The molecule has 0 bridgehead atoms. The number of carbonyl (C=O) groups is 3. The highest BCUT2D eigenvalue weighted by atomic mass is 16.4. The predicted octanol–water partition coefficient (Wildman–Crippen LogP) is -1.73. The molecule has 1 aromatic rings. The second-order valence-electron chi connectivity index (χ2n) is 5.72. The van der Waals surface area contributed by atoms with E-state index >= 15 is 0 Å². The smallest absolute Gasteiger partial charge is 0.305 e. The number of hydrazine groups is 1. The number of nitrogens with one attached hydrogen (secondary N) is 4. The lowest BCUT2D eigenvalue weighted by Gasteiger charge is -2.22. The highest BCUT2D eigenvalue weighted by Crippen LogP contribution is 2.13. The van der Waals surface area contributed by atoms with Gasteiger partial charge in [0.2, 0.25) is 5.91 Å². The third kappa shape index (κ3) is 6.32. The van der Waals surface area contributed by atoms with Crippen LogP contribution in [-0.2, 0) is 9.59 Å². The molecule has 0 aliphatic carbocycles. The van der Waals surface area contributed by atoms with Gasteiger partial charge in [-0.2, -0.15) is 0 Å². The Morgan fingerprint density at radius 1 is 1.30 bits per heavy atom. The summed E-state index contributed by atoms with van der Waals surface area (Å²) in [5.41, 5.74) is 16.8. The lowest BCUT2D eigenvalue weighted by molar-refractivity contribution is -0.137. The third-order valence-electron chi connectivity index (χ3n) is 3.59. The minimum atomic E-state index is -1.05. The van der Waals surface area contributed by atoms with Gasteiger partial charge in [-0.15, -0.1) is 0 Å². The molecule has 27 heavy (non-hydrogen) atoms. The van der Waals surface area contributed by atoms with Crippen molar-refractivity contribution in [3.05, 3.63) is 42.1 Å². The van der Waals surface area contributed by atoms with Crippen molar-refractivity contribution < 1.29 is 19.5 Å². The SMILES string of the molecule is NC(N)=Nc1cccc(C(=O)NCC(=O)NC(CC(=O)O)C2C=CNN2)c1. The van der Waals surface area contributed by atoms with Crippen LogP contribution in [0.15, 0.2) is 41.5 Å². The maximum absolute atomic E-state index is 12.2. The van der Waals surface area contributed by atoms with E-state index in [0.29, 0.717) is 5.69 Å². The number of carboxylic acid groups (broad SMARTS) is 1. The normalized spacial score (nSPS) is 16.1. The fourth-order valence-corrected chi connectivity index (χ4v) is 2.42. The van der Waals surface area contributed by atoms with Gasteiger partial charge < -0.3 is 32.6 Å². The van der Waals surface area contributed by atoms with Crippen molar-refractivity contribution in [3.8, 4) is 0 Å². The molecule has 0 aromatic heterocycles. The first-order valence-electron chi connectivity index (χ1n) is 8.02. The molecule has 2 amide bonds. The van der Waals surface area contributed by atoms with E-state index in [1.807, 2.05) is 0 Å². The Bertz CT molecular complexity index is 774. The molecule has 0 fully saturated rings.